The van der Waals surface area contributed by atoms with Crippen LogP contribution in [0.5, 0.6) is 5.75 Å². The minimum atomic E-state index is -0.200. The first kappa shape index (κ1) is 27.6. The summed E-state index contributed by atoms with van der Waals surface area (Å²) in [6.45, 7) is 5.85. The summed E-state index contributed by atoms with van der Waals surface area (Å²) < 4.78 is 20.4. The van der Waals surface area contributed by atoms with Crippen molar-refractivity contribution >= 4 is 41.9 Å². The van der Waals surface area contributed by atoms with Gasteiger partial charge < -0.3 is 14.5 Å². The molecule has 1 atom stereocenters. The fourth-order valence-corrected chi connectivity index (χ4v) is 5.92. The van der Waals surface area contributed by atoms with E-state index in [1.54, 1.807) is 6.07 Å². The molecule has 3 aromatic rings. The molecule has 4 nitrogen and oxygen atoms in total. The molecule has 3 heterocycles. The van der Waals surface area contributed by atoms with Crippen molar-refractivity contribution in [2.24, 2.45) is 0 Å². The van der Waals surface area contributed by atoms with Crippen molar-refractivity contribution in [3.8, 4) is 5.75 Å². The van der Waals surface area contributed by atoms with Gasteiger partial charge >= 0.3 is 0 Å². The second kappa shape index (κ2) is 12.4. The number of nitrogens with zero attached hydrogens (tertiary/aromatic N) is 3. The Hall–Kier alpha value is -2.47. The Morgan fingerprint density at radius 1 is 0.838 bits per heavy atom. The highest BCUT2D eigenvalue weighted by Gasteiger charge is 2.30. The Bertz CT molecular complexity index is 1170. The van der Waals surface area contributed by atoms with E-state index in [-0.39, 0.29) is 30.6 Å². The summed E-state index contributed by atoms with van der Waals surface area (Å²) in [5.41, 5.74) is 5.75. The molecule has 0 spiro atoms. The minimum absolute atomic E-state index is 0. The second-order valence-corrected chi connectivity index (χ2v) is 10.1. The van der Waals surface area contributed by atoms with Gasteiger partial charge in [-0.1, -0.05) is 30.3 Å². The van der Waals surface area contributed by atoms with Gasteiger partial charge in [0.05, 0.1) is 11.4 Å². The number of para-hydroxylation sites is 2. The molecule has 6 rings (SSSR count). The number of fused-ring (bicyclic) bond motifs is 2. The molecular formula is C30H36Cl2FN3O. The molecule has 3 aliphatic rings. The third-order valence-corrected chi connectivity index (χ3v) is 7.87. The molecule has 3 aromatic carbocycles. The lowest BCUT2D eigenvalue weighted by Crippen LogP contribution is -2.39. The molecule has 3 aliphatic heterocycles. The smallest absolute Gasteiger partial charge is 0.143 e. The van der Waals surface area contributed by atoms with Gasteiger partial charge in [0, 0.05) is 43.5 Å². The molecule has 2 fully saturated rings. The van der Waals surface area contributed by atoms with Crippen LogP contribution in [0.2, 0.25) is 0 Å². The molecule has 0 radical (unpaired) electrons. The zero-order valence-corrected chi connectivity index (χ0v) is 22.8. The van der Waals surface area contributed by atoms with E-state index in [2.05, 4.69) is 45.0 Å². The molecule has 0 N–H and O–H groups in total. The normalized spacial score (nSPS) is 18.8. The molecule has 0 amide bonds. The van der Waals surface area contributed by atoms with Crippen LogP contribution in [0, 0.1) is 5.82 Å². The molecule has 37 heavy (non-hydrogen) atoms. The Morgan fingerprint density at radius 3 is 2.43 bits per heavy atom. The highest BCUT2D eigenvalue weighted by atomic mass is 35.5. The first-order valence-electron chi connectivity index (χ1n) is 13.1. The van der Waals surface area contributed by atoms with Gasteiger partial charge in [-0.3, -0.25) is 4.90 Å². The van der Waals surface area contributed by atoms with Crippen molar-refractivity contribution < 1.29 is 9.13 Å². The van der Waals surface area contributed by atoms with E-state index in [9.17, 15) is 4.39 Å². The van der Waals surface area contributed by atoms with Crippen molar-refractivity contribution in [2.75, 3.05) is 42.5 Å². The van der Waals surface area contributed by atoms with Gasteiger partial charge in [-0.2, -0.15) is 0 Å². The predicted octanol–water partition coefficient (Wildman–Crippen LogP) is 7.01. The van der Waals surface area contributed by atoms with Gasteiger partial charge in [0.15, 0.2) is 0 Å². The summed E-state index contributed by atoms with van der Waals surface area (Å²) in [7, 11) is 0. The standard InChI is InChI=1S/C30H34FN3O.2ClH/c31-25-12-11-24-22-35-30-8-2-1-7-28(30)34(29(24)20-25)21-27-6-5-18-33(27)19-15-23-9-13-26(14-10-23)32-16-3-4-17-32;;/h1-2,7-14,20,27H,3-6,15-19,21-22H2;2*1H. The van der Waals surface area contributed by atoms with Crippen molar-refractivity contribution in [3.05, 3.63) is 83.7 Å². The Labute approximate surface area is 232 Å². The molecule has 2 saturated heterocycles. The predicted molar refractivity (Wildman–Crippen MR) is 155 cm³/mol. The number of ether oxygens (including phenoxy) is 1. The van der Waals surface area contributed by atoms with E-state index in [0.29, 0.717) is 12.6 Å². The number of likely N-dealkylation sites (tertiary alicyclic amines) is 1. The van der Waals surface area contributed by atoms with Gasteiger partial charge in [-0.15, -0.1) is 24.8 Å². The van der Waals surface area contributed by atoms with Crippen LogP contribution in [-0.2, 0) is 13.0 Å². The first-order valence-corrected chi connectivity index (χ1v) is 13.1. The molecule has 198 valence electrons. The quantitative estimate of drug-likeness (QED) is 0.333. The molecule has 7 heteroatoms. The summed E-state index contributed by atoms with van der Waals surface area (Å²) in [4.78, 5) is 7.40. The zero-order valence-electron chi connectivity index (χ0n) is 21.2. The van der Waals surface area contributed by atoms with Crippen LogP contribution in [-0.4, -0.2) is 43.7 Å². The fourth-order valence-electron chi connectivity index (χ4n) is 5.92. The van der Waals surface area contributed by atoms with E-state index in [4.69, 9.17) is 4.74 Å². The molecule has 0 bridgehead atoms. The summed E-state index contributed by atoms with van der Waals surface area (Å²) >= 11 is 0. The maximum atomic E-state index is 14.3. The number of halogens is 3. The maximum absolute atomic E-state index is 14.3. The van der Waals surface area contributed by atoms with Gasteiger partial charge in [0.1, 0.15) is 18.2 Å². The lowest BCUT2D eigenvalue weighted by Gasteiger charge is -2.32. The largest absolute Gasteiger partial charge is 0.487 e. The lowest BCUT2D eigenvalue weighted by molar-refractivity contribution is 0.261. The van der Waals surface area contributed by atoms with Crippen LogP contribution in [0.4, 0.5) is 21.5 Å². The number of benzene rings is 3. The van der Waals surface area contributed by atoms with Gasteiger partial charge in [0.2, 0.25) is 0 Å². The average molecular weight is 545 g/mol. The molecular weight excluding hydrogens is 508 g/mol. The fraction of sp³-hybridized carbons (Fsp3) is 0.400. The maximum Gasteiger partial charge on any atom is 0.143 e. The van der Waals surface area contributed by atoms with Crippen LogP contribution < -0.4 is 14.5 Å². The van der Waals surface area contributed by atoms with Crippen LogP contribution in [0.25, 0.3) is 0 Å². The minimum Gasteiger partial charge on any atom is -0.487 e. The van der Waals surface area contributed by atoms with Crippen molar-refractivity contribution in [2.45, 2.75) is 44.8 Å². The summed E-state index contributed by atoms with van der Waals surface area (Å²) in [5, 5.41) is 0. The zero-order chi connectivity index (χ0) is 23.6. The Morgan fingerprint density at radius 2 is 1.62 bits per heavy atom. The summed E-state index contributed by atoms with van der Waals surface area (Å²) in [5.74, 6) is 0.667. The van der Waals surface area contributed by atoms with E-state index < -0.39 is 0 Å². The molecule has 1 unspecified atom stereocenters. The third-order valence-electron chi connectivity index (χ3n) is 7.87. The average Bonchev–Trinajstić information content (AvgIpc) is 3.56. The van der Waals surface area contributed by atoms with E-state index in [1.165, 1.54) is 49.7 Å². The third kappa shape index (κ3) is 6.00. The second-order valence-electron chi connectivity index (χ2n) is 10.1. The highest BCUT2D eigenvalue weighted by Crippen LogP contribution is 2.40. The van der Waals surface area contributed by atoms with Crippen LogP contribution in [0.1, 0.15) is 36.8 Å². The van der Waals surface area contributed by atoms with Gasteiger partial charge in [-0.05, 0) is 80.6 Å². The molecule has 0 saturated carbocycles. The lowest BCUT2D eigenvalue weighted by atomic mass is 10.1. The van der Waals surface area contributed by atoms with Crippen LogP contribution in [0.15, 0.2) is 66.7 Å². The van der Waals surface area contributed by atoms with Crippen LogP contribution >= 0.6 is 24.8 Å². The molecule has 0 aromatic heterocycles. The van der Waals surface area contributed by atoms with E-state index in [0.717, 1.165) is 55.2 Å². The number of rotatable bonds is 6. The van der Waals surface area contributed by atoms with Crippen molar-refractivity contribution in [1.29, 1.82) is 0 Å². The number of anilines is 3. The van der Waals surface area contributed by atoms with E-state index in [1.807, 2.05) is 24.3 Å². The van der Waals surface area contributed by atoms with Gasteiger partial charge in [0.25, 0.3) is 0 Å². The van der Waals surface area contributed by atoms with Crippen molar-refractivity contribution in [1.82, 2.24) is 4.90 Å². The van der Waals surface area contributed by atoms with Crippen LogP contribution in [0.3, 0.4) is 0 Å². The SMILES string of the molecule is Cl.Cl.Fc1ccc2c(c1)N(CC1CCCN1CCc1ccc(N3CCCC3)cc1)c1ccccc1OC2. The highest BCUT2D eigenvalue weighted by molar-refractivity contribution is 5.85. The Balaban J connectivity index is 0.00000160. The number of hydrogen-bond acceptors (Lipinski definition) is 4. The number of hydrogen-bond donors (Lipinski definition) is 0. The monoisotopic (exact) mass is 543 g/mol. The Kier molecular flexibility index (Phi) is 9.22. The topological polar surface area (TPSA) is 19.0 Å². The van der Waals surface area contributed by atoms with E-state index >= 15 is 0 Å². The van der Waals surface area contributed by atoms with Crippen molar-refractivity contribution in [3.63, 3.8) is 0 Å². The first-order chi connectivity index (χ1) is 17.2. The molecule has 0 aliphatic carbocycles. The summed E-state index contributed by atoms with van der Waals surface area (Å²) in [6.07, 6.45) is 6.05. The summed E-state index contributed by atoms with van der Waals surface area (Å²) in [6, 6.07) is 22.9. The van der Waals surface area contributed by atoms with Gasteiger partial charge in [-0.25, -0.2) is 4.39 Å².